The van der Waals surface area contributed by atoms with E-state index in [4.69, 9.17) is 0 Å². The summed E-state index contributed by atoms with van der Waals surface area (Å²) in [6.45, 7) is 0. The molecule has 120 valence electrons. The highest BCUT2D eigenvalue weighted by molar-refractivity contribution is 7.99. The van der Waals surface area contributed by atoms with Crippen molar-refractivity contribution >= 4 is 11.8 Å². The molecule has 2 aromatic carbocycles. The van der Waals surface area contributed by atoms with Crippen molar-refractivity contribution in [3.63, 3.8) is 0 Å². The van der Waals surface area contributed by atoms with E-state index in [1.807, 2.05) is 11.8 Å². The molecule has 0 bridgehead atoms. The number of aliphatic hydroxyl groups is 1. The lowest BCUT2D eigenvalue weighted by molar-refractivity contribution is 0.00326. The van der Waals surface area contributed by atoms with Gasteiger partial charge in [-0.05, 0) is 30.0 Å². The quantitative estimate of drug-likeness (QED) is 0.774. The summed E-state index contributed by atoms with van der Waals surface area (Å²) in [5.74, 6) is 1.15. The first kappa shape index (κ1) is 15.3. The van der Waals surface area contributed by atoms with Gasteiger partial charge in [0, 0.05) is 22.0 Å². The van der Waals surface area contributed by atoms with Crippen molar-refractivity contribution in [1.29, 1.82) is 0 Å². The van der Waals surface area contributed by atoms with Crippen LogP contribution in [-0.2, 0) is 0 Å². The second-order valence-electron chi connectivity index (χ2n) is 7.08. The van der Waals surface area contributed by atoms with Gasteiger partial charge in [-0.15, -0.1) is 11.8 Å². The fourth-order valence-corrected chi connectivity index (χ4v) is 5.86. The third-order valence-electron chi connectivity index (χ3n) is 5.72. The van der Waals surface area contributed by atoms with E-state index in [9.17, 15) is 5.11 Å². The summed E-state index contributed by atoms with van der Waals surface area (Å²) < 4.78 is 0. The smallest absolute Gasteiger partial charge is 0.0713 e. The van der Waals surface area contributed by atoms with Gasteiger partial charge in [0.2, 0.25) is 0 Å². The molecule has 1 aliphatic carbocycles. The molecule has 0 radical (unpaired) electrons. The number of thioether (sulfide) groups is 1. The maximum absolute atomic E-state index is 11.5. The fraction of sp³-hybridized carbons (Fsp3) is 0.429. The Morgan fingerprint density at radius 1 is 0.870 bits per heavy atom. The van der Waals surface area contributed by atoms with Crippen molar-refractivity contribution in [3.05, 3.63) is 65.7 Å². The molecule has 1 aliphatic heterocycles. The van der Waals surface area contributed by atoms with Crippen LogP contribution in [0.5, 0.6) is 0 Å². The summed E-state index contributed by atoms with van der Waals surface area (Å²) in [7, 11) is 0. The first-order valence-corrected chi connectivity index (χ1v) is 9.73. The second kappa shape index (κ2) is 6.33. The zero-order chi connectivity index (χ0) is 15.7. The highest BCUT2D eigenvalue weighted by atomic mass is 32.2. The third kappa shape index (κ3) is 2.72. The topological polar surface area (TPSA) is 20.2 Å². The maximum Gasteiger partial charge on any atom is 0.0713 e. The first-order valence-electron chi connectivity index (χ1n) is 8.75. The predicted octanol–water partition coefficient (Wildman–Crippen LogP) is 5.24. The Morgan fingerprint density at radius 3 is 2.35 bits per heavy atom. The molecular weight excluding hydrogens is 300 g/mol. The lowest BCUT2D eigenvalue weighted by Gasteiger charge is -2.42. The van der Waals surface area contributed by atoms with E-state index in [-0.39, 0.29) is 17.4 Å². The molecule has 1 N–H and O–H groups in total. The van der Waals surface area contributed by atoms with E-state index in [1.54, 1.807) is 0 Å². The zero-order valence-corrected chi connectivity index (χ0v) is 14.3. The molecule has 23 heavy (non-hydrogen) atoms. The van der Waals surface area contributed by atoms with Crippen LogP contribution in [0.2, 0.25) is 0 Å². The summed E-state index contributed by atoms with van der Waals surface area (Å²) in [4.78, 5) is 1.35. The Balaban J connectivity index is 1.83. The summed E-state index contributed by atoms with van der Waals surface area (Å²) in [6, 6.07) is 19.3. The van der Waals surface area contributed by atoms with Crippen molar-refractivity contribution in [2.75, 3.05) is 5.75 Å². The van der Waals surface area contributed by atoms with Gasteiger partial charge >= 0.3 is 0 Å². The number of benzene rings is 2. The van der Waals surface area contributed by atoms with Crippen molar-refractivity contribution in [3.8, 4) is 0 Å². The van der Waals surface area contributed by atoms with Gasteiger partial charge in [-0.1, -0.05) is 67.8 Å². The monoisotopic (exact) mass is 324 g/mol. The Bertz CT molecular complexity index is 661. The van der Waals surface area contributed by atoms with Gasteiger partial charge in [-0.2, -0.15) is 0 Å². The lowest BCUT2D eigenvalue weighted by Crippen LogP contribution is -2.42. The minimum absolute atomic E-state index is 0.0719. The Hall–Kier alpha value is -1.25. The first-order chi connectivity index (χ1) is 11.3. The molecule has 2 aromatic rings. The molecule has 1 spiro atoms. The molecule has 2 atom stereocenters. The summed E-state index contributed by atoms with van der Waals surface area (Å²) >= 11 is 1.96. The molecule has 0 saturated heterocycles. The Morgan fingerprint density at radius 2 is 1.57 bits per heavy atom. The van der Waals surface area contributed by atoms with E-state index in [1.165, 1.54) is 48.1 Å². The van der Waals surface area contributed by atoms with Gasteiger partial charge in [0.15, 0.2) is 0 Å². The van der Waals surface area contributed by atoms with Crippen molar-refractivity contribution in [2.24, 2.45) is 5.41 Å². The highest BCUT2D eigenvalue weighted by Crippen LogP contribution is 2.52. The van der Waals surface area contributed by atoms with Crippen LogP contribution in [0.3, 0.4) is 0 Å². The van der Waals surface area contributed by atoms with Crippen molar-refractivity contribution in [2.45, 2.75) is 49.0 Å². The number of hydrogen-bond donors (Lipinski definition) is 1. The van der Waals surface area contributed by atoms with E-state index in [2.05, 4.69) is 54.6 Å². The van der Waals surface area contributed by atoms with E-state index in [0.29, 0.717) is 0 Å². The normalized spacial score (nSPS) is 26.5. The Kier molecular flexibility index (Phi) is 4.21. The molecule has 0 amide bonds. The van der Waals surface area contributed by atoms with Gasteiger partial charge in [-0.3, -0.25) is 0 Å². The van der Waals surface area contributed by atoms with Crippen LogP contribution in [-0.4, -0.2) is 17.0 Å². The molecule has 2 heteroatoms. The number of fused-ring (bicyclic) bond motifs is 1. The summed E-state index contributed by atoms with van der Waals surface area (Å²) in [5, 5.41) is 11.5. The van der Waals surface area contributed by atoms with E-state index < -0.39 is 0 Å². The average molecular weight is 324 g/mol. The molecule has 4 rings (SSSR count). The molecule has 1 heterocycles. The minimum atomic E-state index is -0.290. The minimum Gasteiger partial charge on any atom is -0.392 e. The molecule has 1 nitrogen and oxygen atoms in total. The molecular formula is C21H24OS. The van der Waals surface area contributed by atoms with E-state index in [0.717, 1.165) is 5.75 Å². The van der Waals surface area contributed by atoms with Crippen molar-refractivity contribution in [1.82, 2.24) is 0 Å². The van der Waals surface area contributed by atoms with Gasteiger partial charge < -0.3 is 5.11 Å². The number of aliphatic hydroxyl groups excluding tert-OH is 1. The highest BCUT2D eigenvalue weighted by Gasteiger charge is 2.46. The third-order valence-corrected chi connectivity index (χ3v) is 7.12. The van der Waals surface area contributed by atoms with Crippen LogP contribution in [0.25, 0.3) is 0 Å². The maximum atomic E-state index is 11.5. The molecule has 0 unspecified atom stereocenters. The van der Waals surface area contributed by atoms with Crippen LogP contribution in [0, 0.1) is 5.41 Å². The van der Waals surface area contributed by atoms with Gasteiger partial charge in [-0.25, -0.2) is 0 Å². The van der Waals surface area contributed by atoms with Crippen LogP contribution in [0.15, 0.2) is 59.5 Å². The number of rotatable bonds is 1. The molecule has 0 aromatic heterocycles. The predicted molar refractivity (Wildman–Crippen MR) is 97.0 cm³/mol. The largest absolute Gasteiger partial charge is 0.392 e. The zero-order valence-electron chi connectivity index (χ0n) is 13.4. The van der Waals surface area contributed by atoms with Gasteiger partial charge in [0.05, 0.1) is 6.10 Å². The fourth-order valence-electron chi connectivity index (χ4n) is 4.42. The summed E-state index contributed by atoms with van der Waals surface area (Å²) in [5.41, 5.74) is 2.63. The van der Waals surface area contributed by atoms with Crippen LogP contribution in [0.4, 0.5) is 0 Å². The SMILES string of the molecule is O[C@H]1[C@@H](c2ccccc2)c2ccccc2SCC12CCCCC2. The van der Waals surface area contributed by atoms with Crippen LogP contribution in [0.1, 0.15) is 49.1 Å². The average Bonchev–Trinajstić information content (AvgIpc) is 2.73. The van der Waals surface area contributed by atoms with Gasteiger partial charge in [0.1, 0.15) is 0 Å². The lowest BCUT2D eigenvalue weighted by atomic mass is 9.66. The standard InChI is InChI=1S/C21H24OS/c22-20-19(16-9-3-1-4-10-16)17-11-5-6-12-18(17)23-15-21(20)13-7-2-8-14-21/h1,3-6,9-12,19-20,22H,2,7-8,13-15H2/t19-,20-/m0/s1. The van der Waals surface area contributed by atoms with Gasteiger partial charge in [0.25, 0.3) is 0 Å². The van der Waals surface area contributed by atoms with E-state index >= 15 is 0 Å². The Labute approximate surface area is 143 Å². The number of hydrogen-bond acceptors (Lipinski definition) is 2. The molecule has 1 saturated carbocycles. The molecule has 2 aliphatic rings. The molecule has 1 fully saturated rings. The van der Waals surface area contributed by atoms with Crippen LogP contribution < -0.4 is 0 Å². The summed E-state index contributed by atoms with van der Waals surface area (Å²) in [6.07, 6.45) is 5.88. The second-order valence-corrected chi connectivity index (χ2v) is 8.10. The van der Waals surface area contributed by atoms with Crippen LogP contribution >= 0.6 is 11.8 Å². The van der Waals surface area contributed by atoms with Crippen molar-refractivity contribution < 1.29 is 5.11 Å².